The van der Waals surface area contributed by atoms with Crippen molar-refractivity contribution in [2.75, 3.05) is 0 Å². The molecule has 0 saturated carbocycles. The molecule has 0 atom stereocenters. The van der Waals surface area contributed by atoms with E-state index in [9.17, 15) is 0 Å². The van der Waals surface area contributed by atoms with Gasteiger partial charge in [0.2, 0.25) is 0 Å². The summed E-state index contributed by atoms with van der Waals surface area (Å²) in [5, 5.41) is 0. The van der Waals surface area contributed by atoms with Crippen LogP contribution in [0.4, 0.5) is 0 Å². The van der Waals surface area contributed by atoms with Gasteiger partial charge in [-0.1, -0.05) is 65.5 Å². The Bertz CT molecular complexity index is 274. The van der Waals surface area contributed by atoms with E-state index in [4.69, 9.17) is 0 Å². The van der Waals surface area contributed by atoms with E-state index < -0.39 is 0 Å². The van der Waals surface area contributed by atoms with Crippen molar-refractivity contribution in [3.63, 3.8) is 0 Å². The molecule has 0 N–H and O–H groups in total. The summed E-state index contributed by atoms with van der Waals surface area (Å²) < 4.78 is 0. The van der Waals surface area contributed by atoms with Gasteiger partial charge in [0.05, 0.1) is 0 Å². The van der Waals surface area contributed by atoms with Crippen LogP contribution in [0, 0.1) is 10.8 Å². The molecule has 0 aromatic carbocycles. The van der Waals surface area contributed by atoms with Crippen molar-refractivity contribution in [2.45, 2.75) is 48.0 Å². The SMILES string of the molecule is CC/C=C1/SC(C(C)(C)C)=CC1(C)C. The lowest BCUT2D eigenvalue weighted by Gasteiger charge is -2.19. The largest absolute Gasteiger partial charge is 0.0982 e. The van der Waals surface area contributed by atoms with Crippen LogP contribution in [0.3, 0.4) is 0 Å². The third-order valence-electron chi connectivity index (χ3n) is 2.48. The van der Waals surface area contributed by atoms with Gasteiger partial charge in [0.15, 0.2) is 0 Å². The average Bonchev–Trinajstić information content (AvgIpc) is 2.27. The Morgan fingerprint density at radius 2 is 1.93 bits per heavy atom. The Balaban J connectivity index is 2.96. The summed E-state index contributed by atoms with van der Waals surface area (Å²) in [5.74, 6) is 0. The minimum atomic E-state index is 0.253. The highest BCUT2D eigenvalue weighted by Gasteiger charge is 2.33. The molecule has 1 rings (SSSR count). The van der Waals surface area contributed by atoms with E-state index in [-0.39, 0.29) is 5.41 Å². The molecule has 1 heterocycles. The van der Waals surface area contributed by atoms with Crippen molar-refractivity contribution < 1.29 is 0 Å². The molecule has 80 valence electrons. The van der Waals surface area contributed by atoms with Crippen LogP contribution in [0.1, 0.15) is 48.0 Å². The molecule has 0 bridgehead atoms. The fraction of sp³-hybridized carbons (Fsp3) is 0.692. The van der Waals surface area contributed by atoms with Gasteiger partial charge in [-0.25, -0.2) is 0 Å². The quantitative estimate of drug-likeness (QED) is 0.588. The fourth-order valence-electron chi connectivity index (χ4n) is 1.54. The number of hydrogen-bond donors (Lipinski definition) is 0. The van der Waals surface area contributed by atoms with Crippen LogP contribution >= 0.6 is 11.8 Å². The average molecular weight is 210 g/mol. The molecule has 1 aliphatic heterocycles. The summed E-state index contributed by atoms with van der Waals surface area (Å²) in [6.07, 6.45) is 5.93. The van der Waals surface area contributed by atoms with Gasteiger partial charge in [0.25, 0.3) is 0 Å². The summed E-state index contributed by atoms with van der Waals surface area (Å²) >= 11 is 1.97. The number of hydrogen-bond acceptors (Lipinski definition) is 1. The molecule has 0 radical (unpaired) electrons. The zero-order valence-corrected chi connectivity index (χ0v) is 11.1. The highest BCUT2D eigenvalue weighted by Crippen LogP contribution is 2.53. The Morgan fingerprint density at radius 3 is 2.29 bits per heavy atom. The minimum absolute atomic E-state index is 0.253. The molecule has 0 unspecified atom stereocenters. The summed E-state index contributed by atoms with van der Waals surface area (Å²) in [5.41, 5.74) is 0.550. The first-order valence-corrected chi connectivity index (χ1v) is 6.21. The van der Waals surface area contributed by atoms with Gasteiger partial charge >= 0.3 is 0 Å². The third kappa shape index (κ3) is 2.44. The Hall–Kier alpha value is -0.170. The molecule has 1 aliphatic rings. The van der Waals surface area contributed by atoms with Gasteiger partial charge < -0.3 is 0 Å². The van der Waals surface area contributed by atoms with Crippen LogP contribution < -0.4 is 0 Å². The normalized spacial score (nSPS) is 24.1. The Labute approximate surface area is 92.9 Å². The summed E-state index contributed by atoms with van der Waals surface area (Å²) in [7, 11) is 0. The molecule has 0 nitrogen and oxygen atoms in total. The van der Waals surface area contributed by atoms with E-state index >= 15 is 0 Å². The zero-order chi connectivity index (χ0) is 11.0. The molecule has 0 saturated heterocycles. The van der Waals surface area contributed by atoms with Gasteiger partial charge in [-0.15, -0.1) is 0 Å². The fourth-order valence-corrected chi connectivity index (χ4v) is 3.01. The van der Waals surface area contributed by atoms with E-state index in [1.54, 1.807) is 0 Å². The van der Waals surface area contributed by atoms with E-state index in [2.05, 4.69) is 53.7 Å². The van der Waals surface area contributed by atoms with Crippen molar-refractivity contribution in [1.29, 1.82) is 0 Å². The lowest BCUT2D eigenvalue weighted by atomic mass is 9.87. The number of allylic oxidation sites excluding steroid dienone is 4. The summed E-state index contributed by atoms with van der Waals surface area (Å²) in [4.78, 5) is 3.03. The Morgan fingerprint density at radius 1 is 1.36 bits per heavy atom. The predicted octanol–water partition coefficient (Wildman–Crippen LogP) is 4.98. The molecule has 0 aromatic rings. The van der Waals surface area contributed by atoms with Crippen molar-refractivity contribution in [3.8, 4) is 0 Å². The van der Waals surface area contributed by atoms with Crippen molar-refractivity contribution in [2.24, 2.45) is 10.8 Å². The maximum Gasteiger partial charge on any atom is 0.0146 e. The standard InChI is InChI=1S/C13H22S/c1-7-8-10-13(5,6)9-11(14-10)12(2,3)4/h8-9H,7H2,1-6H3/b10-8+. The predicted molar refractivity (Wildman–Crippen MR) is 67.3 cm³/mol. The first-order chi connectivity index (χ1) is 6.27. The summed E-state index contributed by atoms with van der Waals surface area (Å²) in [6, 6.07) is 0. The van der Waals surface area contributed by atoms with Gasteiger partial charge in [-0.05, 0) is 21.6 Å². The molecule has 0 spiro atoms. The first kappa shape index (κ1) is 11.9. The smallest absolute Gasteiger partial charge is 0.0146 e. The minimum Gasteiger partial charge on any atom is -0.0982 e. The number of rotatable bonds is 1. The van der Waals surface area contributed by atoms with E-state index in [1.807, 2.05) is 11.8 Å². The van der Waals surface area contributed by atoms with Crippen LogP contribution in [0.25, 0.3) is 0 Å². The van der Waals surface area contributed by atoms with Gasteiger partial charge in [-0.3, -0.25) is 0 Å². The number of thioether (sulfide) groups is 1. The summed E-state index contributed by atoms with van der Waals surface area (Å²) in [6.45, 7) is 13.7. The first-order valence-electron chi connectivity index (χ1n) is 5.39. The van der Waals surface area contributed by atoms with Crippen LogP contribution in [-0.2, 0) is 0 Å². The third-order valence-corrected chi connectivity index (χ3v) is 4.34. The van der Waals surface area contributed by atoms with Gasteiger partial charge in [0, 0.05) is 5.41 Å². The van der Waals surface area contributed by atoms with Crippen molar-refractivity contribution >= 4 is 11.8 Å². The van der Waals surface area contributed by atoms with E-state index in [0.717, 1.165) is 6.42 Å². The molecular formula is C13H22S. The second-order valence-electron chi connectivity index (χ2n) is 5.56. The maximum atomic E-state index is 2.43. The molecule has 0 amide bonds. The monoisotopic (exact) mass is 210 g/mol. The molecule has 0 aromatic heterocycles. The van der Waals surface area contributed by atoms with Crippen molar-refractivity contribution in [3.05, 3.63) is 22.0 Å². The lowest BCUT2D eigenvalue weighted by Crippen LogP contribution is -2.06. The molecule has 0 fully saturated rings. The molecule has 14 heavy (non-hydrogen) atoms. The highest BCUT2D eigenvalue weighted by molar-refractivity contribution is 8.07. The maximum absolute atomic E-state index is 2.43. The van der Waals surface area contributed by atoms with Crippen LogP contribution in [0.2, 0.25) is 0 Å². The second-order valence-corrected chi connectivity index (χ2v) is 6.64. The van der Waals surface area contributed by atoms with E-state index in [0.29, 0.717) is 5.41 Å². The van der Waals surface area contributed by atoms with Crippen LogP contribution in [-0.4, -0.2) is 0 Å². The second kappa shape index (κ2) is 3.77. The molecule has 1 heteroatoms. The van der Waals surface area contributed by atoms with Crippen molar-refractivity contribution in [1.82, 2.24) is 0 Å². The van der Waals surface area contributed by atoms with Crippen LogP contribution in [0.5, 0.6) is 0 Å². The Kier molecular flexibility index (Phi) is 3.20. The zero-order valence-electron chi connectivity index (χ0n) is 10.3. The van der Waals surface area contributed by atoms with E-state index in [1.165, 1.54) is 9.81 Å². The lowest BCUT2D eigenvalue weighted by molar-refractivity contribution is 0.521. The molecule has 0 aliphatic carbocycles. The van der Waals surface area contributed by atoms with Gasteiger partial charge in [0.1, 0.15) is 0 Å². The van der Waals surface area contributed by atoms with Crippen LogP contribution in [0.15, 0.2) is 22.0 Å². The topological polar surface area (TPSA) is 0 Å². The molecular weight excluding hydrogens is 188 g/mol. The van der Waals surface area contributed by atoms with Gasteiger partial charge in [-0.2, -0.15) is 0 Å². The highest BCUT2D eigenvalue weighted by atomic mass is 32.2.